The van der Waals surface area contributed by atoms with E-state index >= 15 is 0 Å². The Morgan fingerprint density at radius 2 is 1.71 bits per heavy atom. The van der Waals surface area contributed by atoms with Crippen molar-refractivity contribution in [3.8, 4) is 5.75 Å². The number of ether oxygens (including phenoxy) is 1. The van der Waals surface area contributed by atoms with Gasteiger partial charge in [0, 0.05) is 37.4 Å². The third kappa shape index (κ3) is 4.10. The third-order valence-electron chi connectivity index (χ3n) is 4.73. The summed E-state index contributed by atoms with van der Waals surface area (Å²) in [5, 5.41) is 0. The summed E-state index contributed by atoms with van der Waals surface area (Å²) in [5.41, 5.74) is 1.19. The number of carbonyl (C=O) groups excluding carboxylic acids is 1. The Hall–Kier alpha value is -2.65. The van der Waals surface area contributed by atoms with E-state index in [9.17, 15) is 17.6 Å². The van der Waals surface area contributed by atoms with Crippen LogP contribution in [0.3, 0.4) is 0 Å². The second kappa shape index (κ2) is 8.15. The fraction of sp³-hybridized carbons (Fsp3) is 0.316. The zero-order valence-corrected chi connectivity index (χ0v) is 16.5. The van der Waals surface area contributed by atoms with Crippen molar-refractivity contribution in [1.82, 2.24) is 9.62 Å². The van der Waals surface area contributed by atoms with Gasteiger partial charge in [-0.25, -0.2) is 17.5 Å². The smallest absolute Gasteiger partial charge is 0.254 e. The van der Waals surface area contributed by atoms with Crippen molar-refractivity contribution in [2.75, 3.05) is 45.2 Å². The molecule has 0 atom stereocenters. The molecule has 0 unspecified atom stereocenters. The normalized spacial score (nSPS) is 14.8. The number of benzene rings is 2. The summed E-state index contributed by atoms with van der Waals surface area (Å²) in [6.07, 6.45) is 0. The molecule has 0 saturated carbocycles. The molecular formula is C19H22FN3O4S. The Labute approximate surface area is 163 Å². The predicted molar refractivity (Wildman–Crippen MR) is 104 cm³/mol. The van der Waals surface area contributed by atoms with Crippen LogP contribution in [0.5, 0.6) is 5.75 Å². The molecular weight excluding hydrogens is 385 g/mol. The van der Waals surface area contributed by atoms with Crippen LogP contribution in [0, 0.1) is 5.82 Å². The number of sulfonamides is 1. The molecule has 0 aromatic heterocycles. The lowest BCUT2D eigenvalue weighted by molar-refractivity contribution is 0.0746. The minimum Gasteiger partial charge on any atom is -0.495 e. The average Bonchev–Trinajstić information content (AvgIpc) is 2.73. The summed E-state index contributed by atoms with van der Waals surface area (Å²) in [7, 11) is -1.08. The van der Waals surface area contributed by atoms with Gasteiger partial charge in [0.25, 0.3) is 5.91 Å². The van der Waals surface area contributed by atoms with E-state index in [2.05, 4.69) is 9.62 Å². The first kappa shape index (κ1) is 20.1. The molecule has 7 nitrogen and oxygen atoms in total. The summed E-state index contributed by atoms with van der Waals surface area (Å²) < 4.78 is 44.8. The molecule has 0 radical (unpaired) electrons. The fourth-order valence-corrected chi connectivity index (χ4v) is 4.05. The molecule has 1 fully saturated rings. The molecule has 3 rings (SSSR count). The van der Waals surface area contributed by atoms with Crippen LogP contribution in [-0.2, 0) is 10.0 Å². The minimum atomic E-state index is -3.76. The molecule has 1 saturated heterocycles. The fourth-order valence-electron chi connectivity index (χ4n) is 3.13. The largest absolute Gasteiger partial charge is 0.495 e. The number of anilines is 1. The molecule has 0 bridgehead atoms. The van der Waals surface area contributed by atoms with Crippen LogP contribution in [0.15, 0.2) is 47.4 Å². The second-order valence-corrected chi connectivity index (χ2v) is 8.18. The van der Waals surface area contributed by atoms with Gasteiger partial charge in [-0.1, -0.05) is 0 Å². The first-order chi connectivity index (χ1) is 13.4. The highest BCUT2D eigenvalue weighted by Gasteiger charge is 2.25. The Balaban J connectivity index is 1.75. The lowest BCUT2D eigenvalue weighted by Crippen LogP contribution is -2.48. The molecule has 1 aliphatic rings. The van der Waals surface area contributed by atoms with Crippen molar-refractivity contribution in [2.45, 2.75) is 4.90 Å². The molecule has 1 aliphatic heterocycles. The number of halogens is 1. The van der Waals surface area contributed by atoms with Gasteiger partial charge in [0.1, 0.15) is 16.5 Å². The third-order valence-corrected chi connectivity index (χ3v) is 6.16. The highest BCUT2D eigenvalue weighted by atomic mass is 32.2. The molecule has 2 aromatic carbocycles. The van der Waals surface area contributed by atoms with Gasteiger partial charge in [0.2, 0.25) is 10.0 Å². The monoisotopic (exact) mass is 407 g/mol. The number of hydrogen-bond donors (Lipinski definition) is 1. The van der Waals surface area contributed by atoms with Gasteiger partial charge in [-0.15, -0.1) is 0 Å². The van der Waals surface area contributed by atoms with E-state index in [1.807, 2.05) is 0 Å². The number of carbonyl (C=O) groups is 1. The van der Waals surface area contributed by atoms with E-state index < -0.39 is 10.0 Å². The van der Waals surface area contributed by atoms with Gasteiger partial charge in [0.15, 0.2) is 0 Å². The van der Waals surface area contributed by atoms with Crippen molar-refractivity contribution < 1.29 is 22.3 Å². The highest BCUT2D eigenvalue weighted by molar-refractivity contribution is 7.89. The van der Waals surface area contributed by atoms with Gasteiger partial charge >= 0.3 is 0 Å². The number of rotatable bonds is 5. The van der Waals surface area contributed by atoms with Crippen molar-refractivity contribution in [3.05, 3.63) is 53.8 Å². The van der Waals surface area contributed by atoms with Gasteiger partial charge < -0.3 is 14.5 Å². The van der Waals surface area contributed by atoms with Crippen molar-refractivity contribution in [1.29, 1.82) is 0 Å². The maximum absolute atomic E-state index is 13.1. The minimum absolute atomic E-state index is 0.0756. The number of amides is 1. The SMILES string of the molecule is CNS(=O)(=O)c1cc(C(=O)N2CCN(c3ccc(F)cc3)CC2)ccc1OC. The number of piperazine rings is 1. The Kier molecular flexibility index (Phi) is 5.85. The van der Waals surface area contributed by atoms with E-state index in [4.69, 9.17) is 4.74 Å². The molecule has 1 N–H and O–H groups in total. The van der Waals surface area contributed by atoms with Crippen molar-refractivity contribution >= 4 is 21.6 Å². The zero-order valence-electron chi connectivity index (χ0n) is 15.7. The topological polar surface area (TPSA) is 79.0 Å². The lowest BCUT2D eigenvalue weighted by atomic mass is 10.1. The van der Waals surface area contributed by atoms with E-state index in [0.717, 1.165) is 5.69 Å². The zero-order chi connectivity index (χ0) is 20.3. The first-order valence-electron chi connectivity index (χ1n) is 8.77. The van der Waals surface area contributed by atoms with E-state index in [1.165, 1.54) is 38.4 Å². The van der Waals surface area contributed by atoms with Crippen LogP contribution in [0.2, 0.25) is 0 Å². The Bertz CT molecular complexity index is 956. The number of nitrogens with zero attached hydrogens (tertiary/aromatic N) is 2. The predicted octanol–water partition coefficient (Wildman–Crippen LogP) is 1.70. The molecule has 1 amide bonds. The number of hydrogen-bond acceptors (Lipinski definition) is 5. The molecule has 150 valence electrons. The van der Waals surface area contributed by atoms with Crippen LogP contribution >= 0.6 is 0 Å². The molecule has 28 heavy (non-hydrogen) atoms. The maximum Gasteiger partial charge on any atom is 0.254 e. The van der Waals surface area contributed by atoms with Crippen LogP contribution in [0.4, 0.5) is 10.1 Å². The lowest BCUT2D eigenvalue weighted by Gasteiger charge is -2.36. The molecule has 0 aliphatic carbocycles. The summed E-state index contributed by atoms with van der Waals surface area (Å²) in [6, 6.07) is 10.6. The molecule has 2 aromatic rings. The second-order valence-electron chi connectivity index (χ2n) is 6.33. The highest BCUT2D eigenvalue weighted by Crippen LogP contribution is 2.26. The summed E-state index contributed by atoms with van der Waals surface area (Å²) in [4.78, 5) is 16.5. The maximum atomic E-state index is 13.1. The standard InChI is InChI=1S/C19H22FN3O4S/c1-21-28(25,26)18-13-14(3-8-17(18)27-2)19(24)23-11-9-22(10-12-23)16-6-4-15(20)5-7-16/h3-8,13,21H,9-12H2,1-2H3. The van der Waals surface area contributed by atoms with Gasteiger partial charge in [-0.3, -0.25) is 4.79 Å². The Morgan fingerprint density at radius 3 is 2.29 bits per heavy atom. The van der Waals surface area contributed by atoms with Gasteiger partial charge in [0.05, 0.1) is 7.11 Å². The van der Waals surface area contributed by atoms with Crippen LogP contribution in [-0.4, -0.2) is 59.6 Å². The van der Waals surface area contributed by atoms with E-state index in [-0.39, 0.29) is 27.9 Å². The Morgan fingerprint density at radius 1 is 1.07 bits per heavy atom. The summed E-state index contributed by atoms with van der Waals surface area (Å²) >= 11 is 0. The van der Waals surface area contributed by atoms with Crippen LogP contribution in [0.25, 0.3) is 0 Å². The summed E-state index contributed by atoms with van der Waals surface area (Å²) in [5.74, 6) is -0.356. The molecule has 1 heterocycles. The molecule has 9 heteroatoms. The number of nitrogens with one attached hydrogen (secondary N) is 1. The molecule has 0 spiro atoms. The number of methoxy groups -OCH3 is 1. The quantitative estimate of drug-likeness (QED) is 0.816. The summed E-state index contributed by atoms with van der Waals surface area (Å²) in [6.45, 7) is 2.18. The first-order valence-corrected chi connectivity index (χ1v) is 10.3. The van der Waals surface area contributed by atoms with E-state index in [1.54, 1.807) is 23.1 Å². The van der Waals surface area contributed by atoms with Gasteiger partial charge in [-0.05, 0) is 49.5 Å². The van der Waals surface area contributed by atoms with Crippen LogP contribution in [0.1, 0.15) is 10.4 Å². The van der Waals surface area contributed by atoms with Crippen molar-refractivity contribution in [2.24, 2.45) is 0 Å². The van der Waals surface area contributed by atoms with Crippen LogP contribution < -0.4 is 14.4 Å². The van der Waals surface area contributed by atoms with E-state index in [0.29, 0.717) is 26.2 Å². The van der Waals surface area contributed by atoms with Gasteiger partial charge in [-0.2, -0.15) is 0 Å². The van der Waals surface area contributed by atoms with Crippen molar-refractivity contribution in [3.63, 3.8) is 0 Å². The average molecular weight is 407 g/mol.